The molecule has 3 aromatic rings. The van der Waals surface area contributed by atoms with Crippen LogP contribution in [0.1, 0.15) is 12.1 Å². The average Bonchev–Trinajstić information content (AvgIpc) is 3.41. The van der Waals surface area contributed by atoms with E-state index in [2.05, 4.69) is 30.6 Å². The molecule has 0 unspecified atom stereocenters. The summed E-state index contributed by atoms with van der Waals surface area (Å²) in [7, 11) is 0. The van der Waals surface area contributed by atoms with Crippen LogP contribution in [0.3, 0.4) is 0 Å². The van der Waals surface area contributed by atoms with Gasteiger partial charge in [-0.25, -0.2) is 15.0 Å². The lowest BCUT2D eigenvalue weighted by molar-refractivity contribution is -0.141. The second-order valence-electron chi connectivity index (χ2n) is 6.25. The number of ether oxygens (including phenoxy) is 2. The Morgan fingerprint density at radius 1 is 1.06 bits per heavy atom. The Kier molecular flexibility index (Phi) is 6.51. The number of rotatable bonds is 7. The van der Waals surface area contributed by atoms with Crippen molar-refractivity contribution >= 4 is 33.8 Å². The summed E-state index contributed by atoms with van der Waals surface area (Å²) in [6, 6.07) is 2.09. The lowest BCUT2D eigenvalue weighted by Gasteiger charge is -2.13. The van der Waals surface area contributed by atoms with E-state index in [1.807, 2.05) is 10.8 Å². The number of anilines is 1. The molecule has 4 heterocycles. The quantitative estimate of drug-likeness (QED) is 0.506. The third-order valence-electron chi connectivity index (χ3n) is 3.98. The maximum Gasteiger partial charge on any atom is 0.433 e. The van der Waals surface area contributed by atoms with E-state index in [0.29, 0.717) is 10.9 Å². The van der Waals surface area contributed by atoms with Gasteiger partial charge in [-0.1, -0.05) is 11.3 Å². The number of hydrogen-bond acceptors (Lipinski definition) is 10. The number of pyridine rings is 1. The van der Waals surface area contributed by atoms with Crippen molar-refractivity contribution < 1.29 is 22.6 Å². The largest absolute Gasteiger partial charge is 0.488 e. The third kappa shape index (κ3) is 5.82. The van der Waals surface area contributed by atoms with Gasteiger partial charge < -0.3 is 20.1 Å². The summed E-state index contributed by atoms with van der Waals surface area (Å²) in [5.74, 6) is 0.952. The summed E-state index contributed by atoms with van der Waals surface area (Å²) in [5.41, 5.74) is 0.451. The van der Waals surface area contributed by atoms with Crippen LogP contribution in [0.4, 0.5) is 18.3 Å². The van der Waals surface area contributed by atoms with Crippen LogP contribution in [0.2, 0.25) is 0 Å². The molecule has 8 nitrogen and oxygen atoms in total. The van der Waals surface area contributed by atoms with Gasteiger partial charge >= 0.3 is 6.18 Å². The highest BCUT2D eigenvalue weighted by Crippen LogP contribution is 2.30. The molecule has 2 N–H and O–H groups in total. The SMILES string of the molecule is FC(F)(F)c1ccc(OCCOc2nc(-c3csc(NC4=NCCCN4)n3)cs2)cn1. The van der Waals surface area contributed by atoms with Gasteiger partial charge in [0, 0.05) is 23.8 Å². The van der Waals surface area contributed by atoms with Gasteiger partial charge in [0.1, 0.15) is 36.0 Å². The molecule has 0 aromatic carbocycles. The number of nitrogens with zero attached hydrogens (tertiary/aromatic N) is 4. The lowest BCUT2D eigenvalue weighted by atomic mass is 10.3. The van der Waals surface area contributed by atoms with Crippen molar-refractivity contribution in [3.8, 4) is 22.3 Å². The van der Waals surface area contributed by atoms with Crippen LogP contribution in [0.15, 0.2) is 34.1 Å². The molecule has 0 saturated carbocycles. The fourth-order valence-corrected chi connectivity index (χ4v) is 3.92. The topological polar surface area (TPSA) is 93.5 Å². The average molecular weight is 471 g/mol. The zero-order chi connectivity index (χ0) is 21.7. The Morgan fingerprint density at radius 2 is 1.87 bits per heavy atom. The van der Waals surface area contributed by atoms with Crippen molar-refractivity contribution in [2.75, 3.05) is 31.6 Å². The van der Waals surface area contributed by atoms with E-state index in [-0.39, 0.29) is 19.0 Å². The predicted octanol–water partition coefficient (Wildman–Crippen LogP) is 3.90. The summed E-state index contributed by atoms with van der Waals surface area (Å²) >= 11 is 2.78. The highest BCUT2D eigenvalue weighted by atomic mass is 32.1. The number of halogens is 3. The van der Waals surface area contributed by atoms with Crippen LogP contribution in [0, 0.1) is 0 Å². The third-order valence-corrected chi connectivity index (χ3v) is 5.49. The number of aliphatic imine (C=N–C) groups is 1. The number of nitrogens with one attached hydrogen (secondary N) is 2. The summed E-state index contributed by atoms with van der Waals surface area (Å²) in [5, 5.41) is 11.2. The molecule has 1 aliphatic rings. The van der Waals surface area contributed by atoms with Crippen molar-refractivity contribution in [3.05, 3.63) is 34.8 Å². The predicted molar refractivity (Wildman–Crippen MR) is 112 cm³/mol. The number of aromatic nitrogens is 3. The highest BCUT2D eigenvalue weighted by Gasteiger charge is 2.32. The minimum absolute atomic E-state index is 0.141. The Labute approximate surface area is 183 Å². The van der Waals surface area contributed by atoms with Gasteiger partial charge in [-0.2, -0.15) is 13.2 Å². The van der Waals surface area contributed by atoms with E-state index in [1.54, 1.807) is 0 Å². The number of thiazole rings is 2. The van der Waals surface area contributed by atoms with Gasteiger partial charge in [-0.15, -0.1) is 11.3 Å². The number of alkyl halides is 3. The maximum atomic E-state index is 12.5. The second kappa shape index (κ2) is 9.47. The molecule has 4 rings (SSSR count). The van der Waals surface area contributed by atoms with Crippen molar-refractivity contribution in [1.29, 1.82) is 0 Å². The lowest BCUT2D eigenvalue weighted by Crippen LogP contribution is -2.35. The summed E-state index contributed by atoms with van der Waals surface area (Å²) < 4.78 is 48.4. The molecular weight excluding hydrogens is 453 g/mol. The second-order valence-corrected chi connectivity index (χ2v) is 7.92. The zero-order valence-corrected chi connectivity index (χ0v) is 17.6. The van der Waals surface area contributed by atoms with Crippen LogP contribution in [-0.2, 0) is 6.18 Å². The van der Waals surface area contributed by atoms with E-state index >= 15 is 0 Å². The summed E-state index contributed by atoms with van der Waals surface area (Å²) in [6.45, 7) is 2.00. The molecule has 0 bridgehead atoms. The van der Waals surface area contributed by atoms with E-state index in [1.165, 1.54) is 28.7 Å². The van der Waals surface area contributed by atoms with Crippen LogP contribution in [0.5, 0.6) is 10.9 Å². The summed E-state index contributed by atoms with van der Waals surface area (Å²) in [4.78, 5) is 16.6. The van der Waals surface area contributed by atoms with Gasteiger partial charge in [0.25, 0.3) is 5.19 Å². The van der Waals surface area contributed by atoms with Crippen LogP contribution < -0.4 is 20.1 Å². The number of guanidine groups is 1. The first-order valence-corrected chi connectivity index (χ1v) is 11.0. The molecular formula is C18H17F3N6O2S2. The first-order valence-electron chi connectivity index (χ1n) is 9.23. The molecule has 0 amide bonds. The van der Waals surface area contributed by atoms with Crippen LogP contribution >= 0.6 is 22.7 Å². The molecule has 0 radical (unpaired) electrons. The molecule has 1 aliphatic heterocycles. The minimum atomic E-state index is -4.47. The van der Waals surface area contributed by atoms with E-state index in [4.69, 9.17) is 9.47 Å². The minimum Gasteiger partial charge on any atom is -0.488 e. The summed E-state index contributed by atoms with van der Waals surface area (Å²) in [6.07, 6.45) is -2.42. The normalized spacial score (nSPS) is 14.0. The monoisotopic (exact) mass is 470 g/mol. The molecule has 0 aliphatic carbocycles. The Morgan fingerprint density at radius 3 is 2.61 bits per heavy atom. The molecule has 13 heteroatoms. The molecule has 3 aromatic heterocycles. The molecule has 164 valence electrons. The first kappa shape index (κ1) is 21.3. The van der Waals surface area contributed by atoms with E-state index in [9.17, 15) is 13.2 Å². The fourth-order valence-electron chi connectivity index (χ4n) is 2.53. The Hall–Kier alpha value is -2.93. The van der Waals surface area contributed by atoms with E-state index in [0.717, 1.165) is 48.6 Å². The van der Waals surface area contributed by atoms with Crippen molar-refractivity contribution in [3.63, 3.8) is 0 Å². The highest BCUT2D eigenvalue weighted by molar-refractivity contribution is 7.14. The van der Waals surface area contributed by atoms with Gasteiger partial charge in [0.05, 0.1) is 6.20 Å². The van der Waals surface area contributed by atoms with Gasteiger partial charge in [0.15, 0.2) is 11.1 Å². The molecule has 0 saturated heterocycles. The molecule has 31 heavy (non-hydrogen) atoms. The fraction of sp³-hybridized carbons (Fsp3) is 0.333. The molecule has 0 atom stereocenters. The first-order chi connectivity index (χ1) is 15.0. The van der Waals surface area contributed by atoms with Gasteiger partial charge in [0.2, 0.25) is 0 Å². The Balaban J connectivity index is 1.24. The van der Waals surface area contributed by atoms with Gasteiger partial charge in [-0.3, -0.25) is 4.99 Å². The smallest absolute Gasteiger partial charge is 0.433 e. The maximum absolute atomic E-state index is 12.5. The standard InChI is InChI=1S/C18H17F3N6O2S2/c19-18(20,21)14-3-2-11(8-24-14)28-6-7-29-17-26-13(10-31-17)12-9-30-16(25-12)27-15-22-4-1-5-23-15/h2-3,8-10H,1,4-7H2,(H2,22,23,25,27). The van der Waals surface area contributed by atoms with Crippen molar-refractivity contribution in [2.45, 2.75) is 12.6 Å². The van der Waals surface area contributed by atoms with Crippen molar-refractivity contribution in [2.24, 2.45) is 4.99 Å². The zero-order valence-electron chi connectivity index (χ0n) is 16.0. The van der Waals surface area contributed by atoms with Crippen molar-refractivity contribution in [1.82, 2.24) is 20.3 Å². The molecule has 0 fully saturated rings. The van der Waals surface area contributed by atoms with Crippen LogP contribution in [-0.4, -0.2) is 47.2 Å². The molecule has 0 spiro atoms. The Bertz CT molecular complexity index is 1040. The van der Waals surface area contributed by atoms with Crippen LogP contribution in [0.25, 0.3) is 11.4 Å². The van der Waals surface area contributed by atoms with E-state index < -0.39 is 11.9 Å². The number of hydrogen-bond donors (Lipinski definition) is 2. The van der Waals surface area contributed by atoms with Gasteiger partial charge in [-0.05, 0) is 18.6 Å².